The average molecular weight is 403 g/mol. The molecule has 0 spiro atoms. The molecule has 0 radical (unpaired) electrons. The largest absolute Gasteiger partial charge is 0.491 e. The molecular formula is C25H25NO4. The zero-order valence-corrected chi connectivity index (χ0v) is 16.8. The molecular weight excluding hydrogens is 378 g/mol. The molecule has 5 heteroatoms. The average Bonchev–Trinajstić information content (AvgIpc) is 3.31. The van der Waals surface area contributed by atoms with Gasteiger partial charge >= 0.3 is 0 Å². The van der Waals surface area contributed by atoms with Gasteiger partial charge in [-0.25, -0.2) is 0 Å². The zero-order chi connectivity index (χ0) is 20.6. The molecule has 1 aliphatic heterocycles. The zero-order valence-electron chi connectivity index (χ0n) is 16.8. The second-order valence-corrected chi connectivity index (χ2v) is 7.20. The Balaban J connectivity index is 1.39. The molecule has 0 bridgehead atoms. The number of rotatable bonds is 8. The Hall–Kier alpha value is -3.31. The van der Waals surface area contributed by atoms with Gasteiger partial charge in [0, 0.05) is 18.4 Å². The van der Waals surface area contributed by atoms with Gasteiger partial charge in [-0.15, -0.1) is 0 Å². The molecule has 1 atom stereocenters. The van der Waals surface area contributed by atoms with Crippen LogP contribution in [0.1, 0.15) is 28.8 Å². The van der Waals surface area contributed by atoms with Crippen LogP contribution in [0.5, 0.6) is 11.5 Å². The van der Waals surface area contributed by atoms with Crippen LogP contribution < -0.4 is 14.8 Å². The summed E-state index contributed by atoms with van der Waals surface area (Å²) in [4.78, 5) is 12.9. The summed E-state index contributed by atoms with van der Waals surface area (Å²) in [6, 6.07) is 24.5. The maximum atomic E-state index is 12.9. The minimum absolute atomic E-state index is 0.150. The van der Waals surface area contributed by atoms with E-state index in [-0.39, 0.29) is 12.0 Å². The van der Waals surface area contributed by atoms with Crippen molar-refractivity contribution in [2.75, 3.05) is 18.5 Å². The normalized spacial score (nSPS) is 15.5. The SMILES string of the molecule is O=C(Nc1cccc(OCC2CCCO2)c1)c1ccccc1OCc1ccccc1. The number of hydrogen-bond acceptors (Lipinski definition) is 4. The van der Waals surface area contributed by atoms with Crippen molar-refractivity contribution >= 4 is 11.6 Å². The predicted octanol–water partition coefficient (Wildman–Crippen LogP) is 5.08. The summed E-state index contributed by atoms with van der Waals surface area (Å²) in [5.74, 6) is 1.02. The van der Waals surface area contributed by atoms with Gasteiger partial charge in [-0.3, -0.25) is 4.79 Å². The fourth-order valence-electron chi connectivity index (χ4n) is 3.34. The summed E-state index contributed by atoms with van der Waals surface area (Å²) in [6.07, 6.45) is 2.25. The number of ether oxygens (including phenoxy) is 3. The molecule has 1 N–H and O–H groups in total. The van der Waals surface area contributed by atoms with Gasteiger partial charge < -0.3 is 19.5 Å². The van der Waals surface area contributed by atoms with Crippen LogP contribution in [0.15, 0.2) is 78.9 Å². The van der Waals surface area contributed by atoms with E-state index in [0.717, 1.165) is 25.0 Å². The number of carbonyl (C=O) groups excluding carboxylic acids is 1. The number of anilines is 1. The first-order chi connectivity index (χ1) is 14.8. The third-order valence-electron chi connectivity index (χ3n) is 4.92. The lowest BCUT2D eigenvalue weighted by atomic mass is 10.1. The number of nitrogens with one attached hydrogen (secondary N) is 1. The van der Waals surface area contributed by atoms with Gasteiger partial charge in [-0.1, -0.05) is 48.5 Å². The summed E-state index contributed by atoms with van der Waals surface area (Å²) in [5, 5.41) is 2.93. The van der Waals surface area contributed by atoms with Gasteiger partial charge in [0.25, 0.3) is 5.91 Å². The van der Waals surface area contributed by atoms with Crippen LogP contribution in [-0.2, 0) is 11.3 Å². The van der Waals surface area contributed by atoms with Crippen molar-refractivity contribution in [3.05, 3.63) is 90.0 Å². The Bertz CT molecular complexity index is 968. The van der Waals surface area contributed by atoms with E-state index in [1.165, 1.54) is 0 Å². The van der Waals surface area contributed by atoms with Crippen molar-refractivity contribution in [1.82, 2.24) is 0 Å². The Labute approximate surface area is 176 Å². The van der Waals surface area contributed by atoms with Crippen molar-refractivity contribution in [2.45, 2.75) is 25.6 Å². The van der Waals surface area contributed by atoms with Crippen LogP contribution in [0.25, 0.3) is 0 Å². The quantitative estimate of drug-likeness (QED) is 0.570. The highest BCUT2D eigenvalue weighted by Gasteiger charge is 2.16. The van der Waals surface area contributed by atoms with Gasteiger partial charge in [0.05, 0.1) is 11.7 Å². The van der Waals surface area contributed by atoms with E-state index in [9.17, 15) is 4.79 Å². The van der Waals surface area contributed by atoms with Crippen LogP contribution in [0, 0.1) is 0 Å². The van der Waals surface area contributed by atoms with Crippen molar-refractivity contribution in [2.24, 2.45) is 0 Å². The number of carbonyl (C=O) groups is 1. The minimum Gasteiger partial charge on any atom is -0.491 e. The van der Waals surface area contributed by atoms with E-state index in [1.54, 1.807) is 12.1 Å². The van der Waals surface area contributed by atoms with Crippen LogP contribution in [0.4, 0.5) is 5.69 Å². The maximum Gasteiger partial charge on any atom is 0.259 e. The Kier molecular flexibility index (Phi) is 6.62. The molecule has 0 aliphatic carbocycles. The van der Waals surface area contributed by atoms with Crippen molar-refractivity contribution in [1.29, 1.82) is 0 Å². The molecule has 30 heavy (non-hydrogen) atoms. The molecule has 1 fully saturated rings. The number of para-hydroxylation sites is 1. The van der Waals surface area contributed by atoms with E-state index >= 15 is 0 Å². The summed E-state index contributed by atoms with van der Waals surface area (Å²) in [5.41, 5.74) is 2.20. The van der Waals surface area contributed by atoms with Gasteiger partial charge in [0.2, 0.25) is 0 Å². The van der Waals surface area contributed by atoms with E-state index in [2.05, 4.69) is 5.32 Å². The molecule has 5 nitrogen and oxygen atoms in total. The molecule has 1 saturated heterocycles. The third-order valence-corrected chi connectivity index (χ3v) is 4.92. The van der Waals surface area contributed by atoms with Crippen LogP contribution in [0.2, 0.25) is 0 Å². The maximum absolute atomic E-state index is 12.9. The molecule has 1 aliphatic rings. The lowest BCUT2D eigenvalue weighted by Crippen LogP contribution is -2.16. The topological polar surface area (TPSA) is 56.8 Å². The number of amides is 1. The van der Waals surface area contributed by atoms with Crippen molar-refractivity contribution < 1.29 is 19.0 Å². The second kappa shape index (κ2) is 9.94. The molecule has 0 saturated carbocycles. The highest BCUT2D eigenvalue weighted by atomic mass is 16.5. The van der Waals surface area contributed by atoms with Gasteiger partial charge in [-0.2, -0.15) is 0 Å². The molecule has 1 amide bonds. The summed E-state index contributed by atoms with van der Waals surface area (Å²) < 4.78 is 17.3. The first-order valence-electron chi connectivity index (χ1n) is 10.2. The summed E-state index contributed by atoms with van der Waals surface area (Å²) in [7, 11) is 0. The van der Waals surface area contributed by atoms with Crippen LogP contribution in [-0.4, -0.2) is 25.2 Å². The molecule has 1 unspecified atom stereocenters. The first kappa shape index (κ1) is 20.0. The van der Waals surface area contributed by atoms with E-state index < -0.39 is 0 Å². The van der Waals surface area contributed by atoms with E-state index in [1.807, 2.05) is 66.7 Å². The lowest BCUT2D eigenvalue weighted by molar-refractivity contribution is 0.0680. The highest BCUT2D eigenvalue weighted by Crippen LogP contribution is 2.23. The van der Waals surface area contributed by atoms with Gasteiger partial charge in [0.15, 0.2) is 0 Å². The van der Waals surface area contributed by atoms with Gasteiger partial charge in [-0.05, 0) is 42.7 Å². The summed E-state index contributed by atoms with van der Waals surface area (Å²) >= 11 is 0. The fourth-order valence-corrected chi connectivity index (χ4v) is 3.34. The van der Waals surface area contributed by atoms with Crippen molar-refractivity contribution in [3.63, 3.8) is 0 Å². The fraction of sp³-hybridized carbons (Fsp3) is 0.240. The number of hydrogen-bond donors (Lipinski definition) is 1. The standard InChI is InChI=1S/C25H25NO4/c27-25(23-13-4-5-14-24(23)30-17-19-8-2-1-3-9-19)26-20-10-6-11-21(16-20)29-18-22-12-7-15-28-22/h1-6,8-11,13-14,16,22H,7,12,15,17-18H2,(H,26,27). The molecule has 1 heterocycles. The van der Waals surface area contributed by atoms with E-state index in [0.29, 0.717) is 36.0 Å². The molecule has 3 aromatic rings. The highest BCUT2D eigenvalue weighted by molar-refractivity contribution is 6.06. The Morgan fingerprint density at radius 3 is 2.63 bits per heavy atom. The predicted molar refractivity (Wildman–Crippen MR) is 116 cm³/mol. The van der Waals surface area contributed by atoms with Gasteiger partial charge in [0.1, 0.15) is 24.7 Å². The van der Waals surface area contributed by atoms with Crippen LogP contribution in [0.3, 0.4) is 0 Å². The molecule has 154 valence electrons. The Morgan fingerprint density at radius 1 is 0.967 bits per heavy atom. The molecule has 3 aromatic carbocycles. The number of benzene rings is 3. The molecule has 4 rings (SSSR count). The lowest BCUT2D eigenvalue weighted by Gasteiger charge is -2.14. The Morgan fingerprint density at radius 2 is 1.80 bits per heavy atom. The minimum atomic E-state index is -0.227. The first-order valence-corrected chi connectivity index (χ1v) is 10.2. The summed E-state index contributed by atoms with van der Waals surface area (Å²) in [6.45, 7) is 1.72. The second-order valence-electron chi connectivity index (χ2n) is 7.20. The third kappa shape index (κ3) is 5.39. The van der Waals surface area contributed by atoms with Crippen molar-refractivity contribution in [3.8, 4) is 11.5 Å². The van der Waals surface area contributed by atoms with E-state index in [4.69, 9.17) is 14.2 Å². The monoisotopic (exact) mass is 403 g/mol. The van der Waals surface area contributed by atoms with Crippen LogP contribution >= 0.6 is 0 Å². The molecule has 0 aromatic heterocycles. The smallest absolute Gasteiger partial charge is 0.259 e.